The van der Waals surface area contributed by atoms with Crippen molar-refractivity contribution in [3.63, 3.8) is 0 Å². The molecule has 1 N–H and O–H groups in total. The van der Waals surface area contributed by atoms with Gasteiger partial charge >= 0.3 is 5.97 Å². The average molecular weight is 461 g/mol. The van der Waals surface area contributed by atoms with Gasteiger partial charge in [-0.05, 0) is 24.3 Å². The summed E-state index contributed by atoms with van der Waals surface area (Å²) in [6, 6.07) is 7.75. The van der Waals surface area contributed by atoms with Gasteiger partial charge in [0.05, 0.1) is 42.2 Å². The molecule has 4 aliphatic heterocycles. The quantitative estimate of drug-likeness (QED) is 0.444. The first-order chi connectivity index (χ1) is 16.6. The molecular formula is C25H23N3O6. The van der Waals surface area contributed by atoms with Crippen molar-refractivity contribution in [1.29, 1.82) is 0 Å². The van der Waals surface area contributed by atoms with Gasteiger partial charge in [-0.25, -0.2) is 9.78 Å². The van der Waals surface area contributed by atoms with Crippen LogP contribution in [0.15, 0.2) is 29.1 Å². The molecular weight excluding hydrogens is 438 g/mol. The van der Waals surface area contributed by atoms with Gasteiger partial charge in [-0.1, -0.05) is 0 Å². The summed E-state index contributed by atoms with van der Waals surface area (Å²) >= 11 is 0. The van der Waals surface area contributed by atoms with Gasteiger partial charge in [0.2, 0.25) is 0 Å². The van der Waals surface area contributed by atoms with Crippen molar-refractivity contribution in [2.45, 2.75) is 31.8 Å². The Kier molecular flexibility index (Phi) is 4.36. The summed E-state index contributed by atoms with van der Waals surface area (Å²) in [5, 5.41) is 11.3. The molecule has 0 spiro atoms. The molecule has 0 aliphatic carbocycles. The number of hydrogen-bond acceptors (Lipinski definition) is 8. The summed E-state index contributed by atoms with van der Waals surface area (Å²) in [7, 11) is 0. The van der Waals surface area contributed by atoms with Gasteiger partial charge in [0, 0.05) is 48.1 Å². The number of ether oxygens (including phenoxy) is 3. The van der Waals surface area contributed by atoms with Crippen LogP contribution in [0.3, 0.4) is 0 Å². The molecule has 0 bridgehead atoms. The molecule has 2 aromatic heterocycles. The normalized spacial score (nSPS) is 23.1. The number of aliphatic hydroxyl groups excluding tert-OH is 1. The number of aliphatic hydroxyl groups is 1. The number of benzene rings is 1. The first-order valence-electron chi connectivity index (χ1n) is 11.6. The second-order valence-corrected chi connectivity index (χ2v) is 9.33. The van der Waals surface area contributed by atoms with Crippen LogP contribution < -0.4 is 10.3 Å². The smallest absolute Gasteiger partial charge is 0.340 e. The maximum absolute atomic E-state index is 13.1. The highest BCUT2D eigenvalue weighted by Crippen LogP contribution is 2.39. The minimum absolute atomic E-state index is 0.0949. The number of carbonyl (C=O) groups excluding carboxylic acids is 1. The molecule has 4 aliphatic rings. The van der Waals surface area contributed by atoms with Crippen LogP contribution in [0, 0.1) is 0 Å². The van der Waals surface area contributed by atoms with E-state index in [-0.39, 0.29) is 18.3 Å². The largest absolute Gasteiger partial charge is 0.488 e. The van der Waals surface area contributed by atoms with E-state index in [4.69, 9.17) is 19.2 Å². The lowest BCUT2D eigenvalue weighted by molar-refractivity contribution is -0.157. The van der Waals surface area contributed by atoms with Gasteiger partial charge in [-0.3, -0.25) is 9.69 Å². The van der Waals surface area contributed by atoms with Gasteiger partial charge in [0.1, 0.15) is 18.5 Å². The molecule has 174 valence electrons. The van der Waals surface area contributed by atoms with E-state index in [0.717, 1.165) is 67.0 Å². The summed E-state index contributed by atoms with van der Waals surface area (Å²) in [6.07, 6.45) is -0.537. The fourth-order valence-corrected chi connectivity index (χ4v) is 5.58. The van der Waals surface area contributed by atoms with Crippen LogP contribution in [0.2, 0.25) is 0 Å². The number of carbonyl (C=O) groups is 1. The SMILES string of the molecule is O=C1OCc2c(cc3n(c2=O)Cc2cc4c5c(ccc4nc2-3)OC(CN2CCOCC2)C5)C1O. The summed E-state index contributed by atoms with van der Waals surface area (Å²) in [5.41, 5.74) is 4.66. The molecule has 1 aromatic carbocycles. The van der Waals surface area contributed by atoms with Crippen LogP contribution in [-0.2, 0) is 33.8 Å². The lowest BCUT2D eigenvalue weighted by Gasteiger charge is -2.28. The Morgan fingerprint density at radius 1 is 1.12 bits per heavy atom. The number of hydrogen-bond donors (Lipinski definition) is 1. The van der Waals surface area contributed by atoms with Crippen LogP contribution in [0.5, 0.6) is 5.75 Å². The molecule has 2 atom stereocenters. The highest BCUT2D eigenvalue weighted by Gasteiger charge is 2.34. The van der Waals surface area contributed by atoms with E-state index in [9.17, 15) is 14.7 Å². The van der Waals surface area contributed by atoms with Crippen LogP contribution in [0.4, 0.5) is 0 Å². The Morgan fingerprint density at radius 2 is 1.97 bits per heavy atom. The van der Waals surface area contributed by atoms with Crippen molar-refractivity contribution >= 4 is 16.9 Å². The van der Waals surface area contributed by atoms with E-state index in [1.165, 1.54) is 0 Å². The van der Waals surface area contributed by atoms with E-state index in [1.807, 2.05) is 12.1 Å². The second kappa shape index (κ2) is 7.36. The molecule has 3 aromatic rings. The minimum Gasteiger partial charge on any atom is -0.488 e. The molecule has 6 heterocycles. The maximum atomic E-state index is 13.1. The van der Waals surface area contributed by atoms with Crippen LogP contribution in [0.25, 0.3) is 22.3 Å². The summed E-state index contributed by atoms with van der Waals surface area (Å²) in [6.45, 7) is 4.52. The highest BCUT2D eigenvalue weighted by atomic mass is 16.5. The number of cyclic esters (lactones) is 1. The number of fused-ring (bicyclic) bond motifs is 7. The molecule has 0 amide bonds. The van der Waals surface area contributed by atoms with Gasteiger partial charge in [0.15, 0.2) is 6.10 Å². The van der Waals surface area contributed by atoms with Crippen LogP contribution >= 0.6 is 0 Å². The van der Waals surface area contributed by atoms with Crippen LogP contribution in [0.1, 0.15) is 28.4 Å². The fourth-order valence-electron chi connectivity index (χ4n) is 5.58. The Balaban J connectivity index is 1.27. The second-order valence-electron chi connectivity index (χ2n) is 9.33. The Bertz CT molecular complexity index is 1420. The Hall–Kier alpha value is -3.27. The van der Waals surface area contributed by atoms with Crippen LogP contribution in [-0.4, -0.2) is 64.5 Å². The third-order valence-corrected chi connectivity index (χ3v) is 7.32. The first-order valence-corrected chi connectivity index (χ1v) is 11.6. The van der Waals surface area contributed by atoms with E-state index in [0.29, 0.717) is 29.1 Å². The molecule has 0 saturated carbocycles. The standard InChI is InChI=1S/C25H23N3O6/c29-23-17-9-20-22-13(10-28(20)24(30)18(17)12-33-25(23)31)7-15-16-8-14(11-27-3-5-32-6-4-27)34-21(16)2-1-19(15)26-22/h1-2,7,9,14,23,29H,3-6,8,10-12H2. The Labute approximate surface area is 194 Å². The lowest BCUT2D eigenvalue weighted by Crippen LogP contribution is -2.42. The number of aromatic nitrogens is 2. The van der Waals surface area contributed by atoms with Gasteiger partial charge in [-0.2, -0.15) is 0 Å². The number of rotatable bonds is 2. The van der Waals surface area contributed by atoms with E-state index in [2.05, 4.69) is 11.0 Å². The molecule has 9 nitrogen and oxygen atoms in total. The topological polar surface area (TPSA) is 103 Å². The molecule has 1 saturated heterocycles. The number of morpholine rings is 1. The fraction of sp³-hybridized carbons (Fsp3) is 0.400. The van der Waals surface area contributed by atoms with Gasteiger partial charge in [0.25, 0.3) is 5.56 Å². The summed E-state index contributed by atoms with van der Waals surface area (Å²) in [4.78, 5) is 32.3. The van der Waals surface area contributed by atoms with Gasteiger partial charge in [-0.15, -0.1) is 0 Å². The Morgan fingerprint density at radius 3 is 2.82 bits per heavy atom. The minimum atomic E-state index is -1.45. The molecule has 34 heavy (non-hydrogen) atoms. The molecule has 2 unspecified atom stereocenters. The zero-order chi connectivity index (χ0) is 23.0. The number of nitrogens with zero attached hydrogens (tertiary/aromatic N) is 3. The number of pyridine rings is 2. The predicted molar refractivity (Wildman–Crippen MR) is 121 cm³/mol. The number of esters is 1. The zero-order valence-electron chi connectivity index (χ0n) is 18.5. The predicted octanol–water partition coefficient (Wildman–Crippen LogP) is 1.15. The average Bonchev–Trinajstić information content (AvgIpc) is 3.42. The monoisotopic (exact) mass is 461 g/mol. The third kappa shape index (κ3) is 2.94. The molecule has 0 radical (unpaired) electrons. The molecule has 9 heteroatoms. The van der Waals surface area contributed by atoms with Crippen molar-refractivity contribution in [3.05, 3.63) is 56.9 Å². The van der Waals surface area contributed by atoms with E-state index >= 15 is 0 Å². The van der Waals surface area contributed by atoms with Crippen molar-refractivity contribution in [2.75, 3.05) is 32.8 Å². The molecule has 1 fully saturated rings. The maximum Gasteiger partial charge on any atom is 0.340 e. The highest BCUT2D eigenvalue weighted by molar-refractivity contribution is 5.89. The zero-order valence-corrected chi connectivity index (χ0v) is 18.5. The van der Waals surface area contributed by atoms with Crippen molar-refractivity contribution in [3.8, 4) is 17.1 Å². The third-order valence-electron chi connectivity index (χ3n) is 7.32. The summed E-state index contributed by atoms with van der Waals surface area (Å²) in [5.74, 6) is 0.165. The van der Waals surface area contributed by atoms with Crippen molar-refractivity contribution in [2.24, 2.45) is 0 Å². The molecule has 7 rings (SSSR count). The lowest BCUT2D eigenvalue weighted by atomic mass is 9.99. The van der Waals surface area contributed by atoms with E-state index in [1.54, 1.807) is 10.6 Å². The van der Waals surface area contributed by atoms with Gasteiger partial charge < -0.3 is 23.9 Å². The van der Waals surface area contributed by atoms with E-state index < -0.39 is 12.1 Å². The first kappa shape index (κ1) is 20.1. The van der Waals surface area contributed by atoms with Crippen molar-refractivity contribution in [1.82, 2.24) is 14.5 Å². The van der Waals surface area contributed by atoms with Crippen molar-refractivity contribution < 1.29 is 24.1 Å². The summed E-state index contributed by atoms with van der Waals surface area (Å²) < 4.78 is 18.3.